The zero-order valence-corrected chi connectivity index (χ0v) is 18.4. The summed E-state index contributed by atoms with van der Waals surface area (Å²) in [6.45, 7) is 0. The molecule has 0 aliphatic carbocycles. The highest BCUT2D eigenvalue weighted by Crippen LogP contribution is 2.25. The van der Waals surface area contributed by atoms with Crippen LogP contribution in [-0.4, -0.2) is 31.8 Å². The zero-order valence-electron chi connectivity index (χ0n) is 15.3. The van der Waals surface area contributed by atoms with Crippen molar-refractivity contribution < 1.29 is 9.21 Å². The average Bonchev–Trinajstić information content (AvgIpc) is 3.23. The maximum atomic E-state index is 12.3. The van der Waals surface area contributed by atoms with Gasteiger partial charge in [-0.2, -0.15) is 0 Å². The van der Waals surface area contributed by atoms with E-state index in [2.05, 4.69) is 41.4 Å². The van der Waals surface area contributed by atoms with Crippen molar-refractivity contribution in [1.82, 2.24) is 20.2 Å². The summed E-state index contributed by atoms with van der Waals surface area (Å²) in [5.74, 6) is 0.409. The Morgan fingerprint density at radius 1 is 1.03 bits per heavy atom. The number of nitrogens with zero attached hydrogens (tertiary/aromatic N) is 4. The van der Waals surface area contributed by atoms with Crippen LogP contribution in [-0.2, 0) is 4.79 Å². The van der Waals surface area contributed by atoms with E-state index in [1.807, 2.05) is 36.4 Å². The molecule has 0 saturated heterocycles. The maximum Gasteiger partial charge on any atom is 0.277 e. The summed E-state index contributed by atoms with van der Waals surface area (Å²) in [4.78, 5) is 20.7. The maximum absolute atomic E-state index is 12.3. The van der Waals surface area contributed by atoms with E-state index in [4.69, 9.17) is 16.0 Å². The van der Waals surface area contributed by atoms with Crippen molar-refractivity contribution >= 4 is 51.1 Å². The molecule has 7 nitrogen and oxygen atoms in total. The number of benzene rings is 2. The van der Waals surface area contributed by atoms with Crippen molar-refractivity contribution in [2.75, 3.05) is 11.1 Å². The number of aromatic nitrogens is 4. The molecule has 0 aliphatic heterocycles. The first-order chi connectivity index (χ1) is 14.6. The van der Waals surface area contributed by atoms with Crippen molar-refractivity contribution in [2.45, 2.75) is 5.22 Å². The summed E-state index contributed by atoms with van der Waals surface area (Å²) in [5, 5.41) is 11.6. The number of amides is 1. The second kappa shape index (κ2) is 9.38. The van der Waals surface area contributed by atoms with Crippen LogP contribution in [0.1, 0.15) is 0 Å². The van der Waals surface area contributed by atoms with Gasteiger partial charge >= 0.3 is 0 Å². The van der Waals surface area contributed by atoms with Crippen LogP contribution in [0.2, 0.25) is 5.02 Å². The SMILES string of the molecule is O=C(CSc1nnc(-c2ccc(Br)cc2)o1)Nc1nccc(-c2ccc(Cl)cc2)n1. The number of nitrogens with one attached hydrogen (secondary N) is 1. The van der Waals surface area contributed by atoms with Gasteiger partial charge in [-0.25, -0.2) is 9.97 Å². The van der Waals surface area contributed by atoms with Crippen LogP contribution < -0.4 is 5.32 Å². The van der Waals surface area contributed by atoms with Gasteiger partial charge in [0.2, 0.25) is 17.7 Å². The van der Waals surface area contributed by atoms with Gasteiger partial charge in [0, 0.05) is 26.8 Å². The van der Waals surface area contributed by atoms with E-state index in [-0.39, 0.29) is 17.6 Å². The number of hydrogen-bond donors (Lipinski definition) is 1. The molecule has 0 radical (unpaired) electrons. The lowest BCUT2D eigenvalue weighted by Gasteiger charge is -2.05. The molecule has 0 atom stereocenters. The third-order valence-corrected chi connectivity index (χ3v) is 5.47. The molecule has 4 rings (SSSR count). The lowest BCUT2D eigenvalue weighted by Crippen LogP contribution is -2.16. The van der Waals surface area contributed by atoms with E-state index in [9.17, 15) is 4.79 Å². The molecule has 0 aliphatic rings. The minimum Gasteiger partial charge on any atom is -0.411 e. The topological polar surface area (TPSA) is 93.8 Å². The van der Waals surface area contributed by atoms with Crippen LogP contribution >= 0.6 is 39.3 Å². The molecule has 1 N–H and O–H groups in total. The molecule has 2 aromatic heterocycles. The van der Waals surface area contributed by atoms with Gasteiger partial charge in [0.15, 0.2) is 0 Å². The zero-order chi connectivity index (χ0) is 20.9. The van der Waals surface area contributed by atoms with Crippen LogP contribution in [0.25, 0.3) is 22.7 Å². The third kappa shape index (κ3) is 5.24. The van der Waals surface area contributed by atoms with Crippen molar-refractivity contribution in [1.29, 1.82) is 0 Å². The molecule has 0 bridgehead atoms. The summed E-state index contributed by atoms with van der Waals surface area (Å²) in [5.41, 5.74) is 2.35. The molecule has 0 fully saturated rings. The van der Waals surface area contributed by atoms with Gasteiger partial charge in [0.05, 0.1) is 11.4 Å². The lowest BCUT2D eigenvalue weighted by atomic mass is 10.1. The summed E-state index contributed by atoms with van der Waals surface area (Å²) < 4.78 is 6.56. The van der Waals surface area contributed by atoms with Crippen molar-refractivity contribution in [3.63, 3.8) is 0 Å². The fourth-order valence-electron chi connectivity index (χ4n) is 2.47. The molecule has 2 heterocycles. The highest BCUT2D eigenvalue weighted by Gasteiger charge is 2.12. The molecule has 0 unspecified atom stereocenters. The third-order valence-electron chi connectivity index (χ3n) is 3.87. The van der Waals surface area contributed by atoms with Crippen LogP contribution in [0.3, 0.4) is 0 Å². The van der Waals surface area contributed by atoms with Crippen molar-refractivity contribution in [3.8, 4) is 22.7 Å². The molecular weight excluding hydrogens is 490 g/mol. The summed E-state index contributed by atoms with van der Waals surface area (Å²) in [7, 11) is 0. The van der Waals surface area contributed by atoms with Gasteiger partial charge in [-0.15, -0.1) is 10.2 Å². The summed E-state index contributed by atoms with van der Waals surface area (Å²) in [6.07, 6.45) is 1.59. The lowest BCUT2D eigenvalue weighted by molar-refractivity contribution is -0.113. The number of rotatable bonds is 6. The van der Waals surface area contributed by atoms with Crippen LogP contribution in [0.5, 0.6) is 0 Å². The van der Waals surface area contributed by atoms with Crippen molar-refractivity contribution in [3.05, 3.63) is 70.3 Å². The fraction of sp³-hybridized carbons (Fsp3) is 0.0500. The first kappa shape index (κ1) is 20.5. The molecule has 0 saturated carbocycles. The Balaban J connectivity index is 1.36. The Labute approximate surface area is 189 Å². The number of carbonyl (C=O) groups is 1. The van der Waals surface area contributed by atoms with E-state index in [1.54, 1.807) is 24.4 Å². The Hall–Kier alpha value is -2.75. The molecule has 10 heteroatoms. The Morgan fingerprint density at radius 3 is 2.53 bits per heavy atom. The molecule has 1 amide bonds. The van der Waals surface area contributed by atoms with Crippen LogP contribution in [0, 0.1) is 0 Å². The smallest absolute Gasteiger partial charge is 0.277 e. The second-order valence-corrected chi connectivity index (χ2v) is 8.27. The second-order valence-electron chi connectivity index (χ2n) is 5.99. The summed E-state index contributed by atoms with van der Waals surface area (Å²) in [6, 6.07) is 16.5. The van der Waals surface area contributed by atoms with E-state index in [0.717, 1.165) is 27.4 Å². The van der Waals surface area contributed by atoms with Gasteiger partial charge in [0.1, 0.15) is 0 Å². The minimum atomic E-state index is -0.281. The monoisotopic (exact) mass is 501 g/mol. The van der Waals surface area contributed by atoms with Crippen LogP contribution in [0.15, 0.2) is 74.9 Å². The quantitative estimate of drug-likeness (QED) is 0.356. The van der Waals surface area contributed by atoms with E-state index in [0.29, 0.717) is 21.8 Å². The highest BCUT2D eigenvalue weighted by atomic mass is 79.9. The molecule has 150 valence electrons. The number of hydrogen-bond acceptors (Lipinski definition) is 7. The van der Waals surface area contributed by atoms with E-state index >= 15 is 0 Å². The largest absolute Gasteiger partial charge is 0.411 e. The predicted molar refractivity (Wildman–Crippen MR) is 119 cm³/mol. The molecule has 2 aromatic carbocycles. The van der Waals surface area contributed by atoms with Gasteiger partial charge < -0.3 is 4.42 Å². The average molecular weight is 503 g/mol. The molecule has 0 spiro atoms. The minimum absolute atomic E-state index is 0.0799. The van der Waals surface area contributed by atoms with E-state index in [1.165, 1.54) is 0 Å². The Kier molecular flexibility index (Phi) is 6.41. The first-order valence-electron chi connectivity index (χ1n) is 8.68. The Bertz CT molecular complexity index is 1170. The highest BCUT2D eigenvalue weighted by molar-refractivity contribution is 9.10. The van der Waals surface area contributed by atoms with Gasteiger partial charge in [0.25, 0.3) is 5.22 Å². The van der Waals surface area contributed by atoms with Crippen molar-refractivity contribution in [2.24, 2.45) is 0 Å². The van der Waals surface area contributed by atoms with Crippen LogP contribution in [0.4, 0.5) is 5.95 Å². The van der Waals surface area contributed by atoms with Gasteiger partial charge in [-0.05, 0) is 42.5 Å². The number of carbonyl (C=O) groups excluding carboxylic acids is 1. The molecule has 4 aromatic rings. The van der Waals surface area contributed by atoms with Gasteiger partial charge in [-0.3, -0.25) is 10.1 Å². The predicted octanol–water partition coefficient (Wildman–Crippen LogP) is 5.34. The van der Waals surface area contributed by atoms with Gasteiger partial charge in [-0.1, -0.05) is 51.4 Å². The first-order valence-corrected chi connectivity index (χ1v) is 10.8. The fourth-order valence-corrected chi connectivity index (χ4v) is 3.42. The molecule has 30 heavy (non-hydrogen) atoms. The van der Waals surface area contributed by atoms with E-state index < -0.39 is 0 Å². The standard InChI is InChI=1S/C20H13BrClN5O2S/c21-14-5-1-13(2-6-14)18-26-27-20(29-18)30-11-17(28)25-19-23-10-9-16(24-19)12-3-7-15(22)8-4-12/h1-10H,11H2,(H,23,24,25,28). The molecular formula is C20H13BrClN5O2S. The number of halogens is 2. The number of anilines is 1. The Morgan fingerprint density at radius 2 is 1.77 bits per heavy atom. The normalized spacial score (nSPS) is 10.7. The summed E-state index contributed by atoms with van der Waals surface area (Å²) >= 11 is 10.4. The number of thioether (sulfide) groups is 1.